The summed E-state index contributed by atoms with van der Waals surface area (Å²) in [6, 6.07) is 13.6. The molecule has 0 heterocycles. The number of benzene rings is 2. The quantitative estimate of drug-likeness (QED) is 0.719. The Morgan fingerprint density at radius 2 is 1.06 bits per heavy atom. The van der Waals surface area contributed by atoms with Gasteiger partial charge >= 0.3 is 115 Å². The summed E-state index contributed by atoms with van der Waals surface area (Å²) in [7, 11) is 0. The van der Waals surface area contributed by atoms with Crippen molar-refractivity contribution in [3.63, 3.8) is 0 Å². The minimum atomic E-state index is -0.0403. The molecule has 0 aliphatic rings. The van der Waals surface area contributed by atoms with Gasteiger partial charge in [-0.25, -0.2) is 0 Å². The molecule has 0 saturated heterocycles. The van der Waals surface area contributed by atoms with Gasteiger partial charge in [0.25, 0.3) is 0 Å². The van der Waals surface area contributed by atoms with E-state index in [4.69, 9.17) is 0 Å². The Bertz CT molecular complexity index is 492. The van der Waals surface area contributed by atoms with Crippen molar-refractivity contribution in [3.05, 3.63) is 65.8 Å². The molecule has 0 aliphatic carbocycles. The molecule has 0 fully saturated rings. The summed E-state index contributed by atoms with van der Waals surface area (Å²) >= 11 is -0.0403. The first-order valence-electron chi connectivity index (χ1n) is 5.85. The third-order valence-corrected chi connectivity index (χ3v) is 6.41. The van der Waals surface area contributed by atoms with Gasteiger partial charge in [0, 0.05) is 0 Å². The van der Waals surface area contributed by atoms with Crippen molar-refractivity contribution in [1.29, 1.82) is 0 Å². The van der Waals surface area contributed by atoms with Crippen LogP contribution in [0.3, 0.4) is 0 Å². The fraction of sp³-hybridized carbons (Fsp3) is 0.250. The van der Waals surface area contributed by atoms with Crippen molar-refractivity contribution < 1.29 is 21.2 Å². The van der Waals surface area contributed by atoms with Crippen molar-refractivity contribution >= 4 is 0 Å². The third-order valence-electron chi connectivity index (χ3n) is 2.83. The van der Waals surface area contributed by atoms with E-state index >= 15 is 0 Å². The zero-order valence-electron chi connectivity index (χ0n) is 10.8. The molecule has 90 valence electrons. The second-order valence-electron chi connectivity index (χ2n) is 4.60. The fourth-order valence-electron chi connectivity index (χ4n) is 1.91. The second kappa shape index (κ2) is 5.21. The summed E-state index contributed by atoms with van der Waals surface area (Å²) in [5, 5.41) is 0. The molecule has 0 N–H and O–H groups in total. The summed E-state index contributed by atoms with van der Waals surface area (Å²) < 4.78 is 3.09. The predicted molar refractivity (Wildman–Crippen MR) is 69.2 cm³/mol. The molecule has 2 aromatic carbocycles. The van der Waals surface area contributed by atoms with E-state index in [0.29, 0.717) is 0 Å². The Morgan fingerprint density at radius 3 is 1.41 bits per heavy atom. The number of hydrogen-bond donors (Lipinski definition) is 0. The van der Waals surface area contributed by atoms with Gasteiger partial charge in [-0.15, -0.1) is 0 Å². The average molecular weight is 337 g/mol. The van der Waals surface area contributed by atoms with Crippen LogP contribution in [0.5, 0.6) is 0 Å². The molecule has 17 heavy (non-hydrogen) atoms. The van der Waals surface area contributed by atoms with E-state index < -0.39 is 0 Å². The van der Waals surface area contributed by atoms with Gasteiger partial charge in [0.05, 0.1) is 0 Å². The van der Waals surface area contributed by atoms with Gasteiger partial charge in [-0.05, 0) is 0 Å². The van der Waals surface area contributed by atoms with Crippen LogP contribution in [0, 0.1) is 34.8 Å². The van der Waals surface area contributed by atoms with Gasteiger partial charge in [-0.3, -0.25) is 0 Å². The molecule has 0 nitrogen and oxygen atoms in total. The fourth-order valence-corrected chi connectivity index (χ4v) is 4.42. The molecule has 0 atom stereocenters. The first kappa shape index (κ1) is 12.6. The molecule has 0 aliphatic heterocycles. The van der Waals surface area contributed by atoms with Crippen LogP contribution in [0.15, 0.2) is 36.4 Å². The third kappa shape index (κ3) is 3.09. The Morgan fingerprint density at radius 1 is 0.647 bits per heavy atom. The Hall–Kier alpha value is -0.830. The maximum absolute atomic E-state index is 2.30. The Labute approximate surface area is 114 Å². The molecule has 1 heteroatoms. The maximum atomic E-state index is 2.30. The van der Waals surface area contributed by atoms with E-state index in [0.717, 1.165) is 0 Å². The zero-order chi connectivity index (χ0) is 12.4. The molecule has 0 saturated carbocycles. The van der Waals surface area contributed by atoms with Crippen LogP contribution in [0.4, 0.5) is 0 Å². The van der Waals surface area contributed by atoms with E-state index in [9.17, 15) is 0 Å². The van der Waals surface area contributed by atoms with Gasteiger partial charge < -0.3 is 0 Å². The standard InChI is InChI=1S/C16H18I/c1-11-5-7-15(13(3)9-11)17-16-8-6-12(2)10-14(16)4/h5-10H,1-4H3/q-1. The Kier molecular flexibility index (Phi) is 3.87. The van der Waals surface area contributed by atoms with Crippen molar-refractivity contribution in [2.24, 2.45) is 0 Å². The number of rotatable bonds is 2. The molecule has 0 radical (unpaired) electrons. The number of hydrogen-bond acceptors (Lipinski definition) is 0. The van der Waals surface area contributed by atoms with E-state index in [-0.39, 0.29) is 21.2 Å². The summed E-state index contributed by atoms with van der Waals surface area (Å²) in [4.78, 5) is 0. The SMILES string of the molecule is Cc1ccc([I-]c2ccc(C)cc2C)c(C)c1. The van der Waals surface area contributed by atoms with Crippen molar-refractivity contribution in [1.82, 2.24) is 0 Å². The molecule has 0 spiro atoms. The van der Waals surface area contributed by atoms with Crippen LogP contribution in [0.1, 0.15) is 22.3 Å². The Balaban J connectivity index is 2.31. The monoisotopic (exact) mass is 337 g/mol. The van der Waals surface area contributed by atoms with Gasteiger partial charge in [0.15, 0.2) is 0 Å². The van der Waals surface area contributed by atoms with Crippen LogP contribution in [0.25, 0.3) is 0 Å². The van der Waals surface area contributed by atoms with Crippen LogP contribution < -0.4 is 21.2 Å². The van der Waals surface area contributed by atoms with E-state index in [1.807, 2.05) is 0 Å². The normalized spacial score (nSPS) is 10.8. The van der Waals surface area contributed by atoms with Crippen LogP contribution >= 0.6 is 0 Å². The minimum absolute atomic E-state index is 0.0403. The molecule has 0 amide bonds. The summed E-state index contributed by atoms with van der Waals surface area (Å²) in [5.41, 5.74) is 5.60. The number of halogens is 1. The van der Waals surface area contributed by atoms with Gasteiger partial charge in [-0.1, -0.05) is 0 Å². The molecule has 0 bridgehead atoms. The summed E-state index contributed by atoms with van der Waals surface area (Å²) in [6.07, 6.45) is 0. The van der Waals surface area contributed by atoms with E-state index in [1.165, 1.54) is 22.3 Å². The van der Waals surface area contributed by atoms with Crippen molar-refractivity contribution in [2.75, 3.05) is 0 Å². The molecule has 0 unspecified atom stereocenters. The van der Waals surface area contributed by atoms with Crippen LogP contribution in [0.2, 0.25) is 0 Å². The first-order valence-corrected chi connectivity index (χ1v) is 8.01. The molecular formula is C16H18I-. The van der Waals surface area contributed by atoms with E-state index in [2.05, 4.69) is 64.1 Å². The van der Waals surface area contributed by atoms with Gasteiger partial charge in [0.2, 0.25) is 0 Å². The summed E-state index contributed by atoms with van der Waals surface area (Å²) in [6.45, 7) is 8.77. The zero-order valence-corrected chi connectivity index (χ0v) is 13.0. The van der Waals surface area contributed by atoms with Crippen molar-refractivity contribution in [2.45, 2.75) is 27.7 Å². The van der Waals surface area contributed by atoms with Crippen LogP contribution in [-0.4, -0.2) is 0 Å². The molecule has 2 rings (SSSR count). The number of aryl methyl sites for hydroxylation is 4. The molecule has 2 aromatic rings. The topological polar surface area (TPSA) is 0 Å². The van der Waals surface area contributed by atoms with Crippen molar-refractivity contribution in [3.8, 4) is 0 Å². The molecule has 0 aromatic heterocycles. The van der Waals surface area contributed by atoms with E-state index in [1.54, 1.807) is 7.14 Å². The molecular weight excluding hydrogens is 319 g/mol. The first-order chi connectivity index (χ1) is 8.06. The average Bonchev–Trinajstić information content (AvgIpc) is 2.25. The van der Waals surface area contributed by atoms with Gasteiger partial charge in [0.1, 0.15) is 0 Å². The van der Waals surface area contributed by atoms with Crippen LogP contribution in [-0.2, 0) is 0 Å². The van der Waals surface area contributed by atoms with Gasteiger partial charge in [-0.2, -0.15) is 0 Å². The summed E-state index contributed by atoms with van der Waals surface area (Å²) in [5.74, 6) is 0. The predicted octanol–water partition coefficient (Wildman–Crippen LogP) is 1.05. The second-order valence-corrected chi connectivity index (χ2v) is 7.46.